The number of hydrogen-bond acceptors (Lipinski definition) is 6. The normalized spacial score (nSPS) is 15.4. The fourth-order valence-electron chi connectivity index (χ4n) is 3.34. The number of nitrogens with zero attached hydrogens (tertiary/aromatic N) is 2. The second-order valence-electron chi connectivity index (χ2n) is 6.97. The van der Waals surface area contributed by atoms with Crippen molar-refractivity contribution in [2.45, 2.75) is 62.3 Å². The lowest BCUT2D eigenvalue weighted by Gasteiger charge is -2.16. The lowest BCUT2D eigenvalue weighted by Crippen LogP contribution is -2.37. The van der Waals surface area contributed by atoms with Gasteiger partial charge in [0.25, 0.3) is 5.91 Å². The number of nitrogens with one attached hydrogen (secondary N) is 2. The van der Waals surface area contributed by atoms with Gasteiger partial charge in [-0.25, -0.2) is 4.98 Å². The predicted molar refractivity (Wildman–Crippen MR) is 107 cm³/mol. The first-order chi connectivity index (χ1) is 13.2. The van der Waals surface area contributed by atoms with E-state index in [1.807, 2.05) is 19.1 Å². The van der Waals surface area contributed by atoms with E-state index in [0.717, 1.165) is 18.0 Å². The minimum atomic E-state index is -0.0791. The van der Waals surface area contributed by atoms with Gasteiger partial charge < -0.3 is 15.2 Å². The van der Waals surface area contributed by atoms with Crippen molar-refractivity contribution >= 4 is 17.7 Å². The number of hydrogen-bond donors (Lipinski definition) is 2. The number of aryl methyl sites for hydroxylation is 1. The van der Waals surface area contributed by atoms with Gasteiger partial charge in [-0.15, -0.1) is 0 Å². The van der Waals surface area contributed by atoms with Crippen molar-refractivity contribution in [2.24, 2.45) is 0 Å². The molecule has 2 N–H and O–H groups in total. The van der Waals surface area contributed by atoms with Crippen LogP contribution in [-0.4, -0.2) is 35.2 Å². The summed E-state index contributed by atoms with van der Waals surface area (Å²) >= 11 is 1.50. The smallest absolute Gasteiger partial charge is 0.254 e. The Morgan fingerprint density at radius 3 is 2.81 bits per heavy atom. The minimum absolute atomic E-state index is 0.0791. The largest absolute Gasteiger partial charge is 0.361 e. The first-order valence-corrected chi connectivity index (χ1v) is 10.7. The molecule has 0 aliphatic heterocycles. The standard InChI is InChI=1S/C20H28N4O2S/c1-15-13-17(24-26-15)14-27-20-18(9-6-10-23-20)19(25)22-12-11-21-16-7-4-2-3-5-8-16/h6,9-10,13,16,21H,2-5,7-8,11-12,14H2,1H3,(H,22,25). The van der Waals surface area contributed by atoms with E-state index in [9.17, 15) is 4.79 Å². The molecule has 2 aromatic heterocycles. The Kier molecular flexibility index (Phi) is 7.71. The molecule has 2 heterocycles. The van der Waals surface area contributed by atoms with Crippen LogP contribution in [0.2, 0.25) is 0 Å². The van der Waals surface area contributed by atoms with E-state index < -0.39 is 0 Å². The van der Waals surface area contributed by atoms with Gasteiger partial charge in [-0.05, 0) is 31.9 Å². The topological polar surface area (TPSA) is 80.0 Å². The summed E-state index contributed by atoms with van der Waals surface area (Å²) in [5.74, 6) is 1.33. The molecule has 2 aromatic rings. The molecule has 6 nitrogen and oxygen atoms in total. The van der Waals surface area contributed by atoms with Crippen LogP contribution in [0, 0.1) is 6.92 Å². The van der Waals surface area contributed by atoms with Gasteiger partial charge in [0, 0.05) is 37.1 Å². The fourth-order valence-corrected chi connectivity index (χ4v) is 4.21. The van der Waals surface area contributed by atoms with E-state index >= 15 is 0 Å². The highest BCUT2D eigenvalue weighted by Crippen LogP contribution is 2.24. The fraction of sp³-hybridized carbons (Fsp3) is 0.550. The molecule has 0 aromatic carbocycles. The molecule has 0 radical (unpaired) electrons. The van der Waals surface area contributed by atoms with Gasteiger partial charge in [0.1, 0.15) is 10.8 Å². The minimum Gasteiger partial charge on any atom is -0.361 e. The summed E-state index contributed by atoms with van der Waals surface area (Å²) in [7, 11) is 0. The van der Waals surface area contributed by atoms with Crippen molar-refractivity contribution < 1.29 is 9.32 Å². The van der Waals surface area contributed by atoms with Crippen LogP contribution in [0.15, 0.2) is 33.9 Å². The van der Waals surface area contributed by atoms with Crippen LogP contribution in [0.25, 0.3) is 0 Å². The van der Waals surface area contributed by atoms with Crippen LogP contribution in [0.4, 0.5) is 0 Å². The zero-order valence-electron chi connectivity index (χ0n) is 15.9. The van der Waals surface area contributed by atoms with Crippen molar-refractivity contribution in [1.29, 1.82) is 0 Å². The second-order valence-corrected chi connectivity index (χ2v) is 7.94. The Bertz CT molecular complexity index is 726. The lowest BCUT2D eigenvalue weighted by molar-refractivity contribution is 0.0950. The summed E-state index contributed by atoms with van der Waals surface area (Å²) in [6, 6.07) is 6.11. The van der Waals surface area contributed by atoms with Crippen LogP contribution in [-0.2, 0) is 5.75 Å². The molecule has 3 rings (SSSR count). The quantitative estimate of drug-likeness (QED) is 0.408. The van der Waals surface area contributed by atoms with Crippen LogP contribution in [0.5, 0.6) is 0 Å². The Morgan fingerprint density at radius 1 is 1.26 bits per heavy atom. The second kappa shape index (κ2) is 10.5. The molecule has 27 heavy (non-hydrogen) atoms. The molecule has 1 saturated carbocycles. The van der Waals surface area contributed by atoms with Crippen molar-refractivity contribution in [3.8, 4) is 0 Å². The van der Waals surface area contributed by atoms with E-state index in [1.165, 1.54) is 50.3 Å². The molecule has 0 unspecified atom stereocenters. The highest BCUT2D eigenvalue weighted by Gasteiger charge is 2.14. The van der Waals surface area contributed by atoms with Crippen LogP contribution in [0.1, 0.15) is 60.3 Å². The maximum atomic E-state index is 12.6. The van der Waals surface area contributed by atoms with Gasteiger partial charge in [0.15, 0.2) is 0 Å². The maximum absolute atomic E-state index is 12.6. The van der Waals surface area contributed by atoms with Gasteiger partial charge in [-0.1, -0.05) is 42.6 Å². The summed E-state index contributed by atoms with van der Waals surface area (Å²) in [6.45, 7) is 3.29. The number of thioether (sulfide) groups is 1. The van der Waals surface area contributed by atoms with E-state index in [0.29, 0.717) is 28.9 Å². The van der Waals surface area contributed by atoms with Crippen LogP contribution >= 0.6 is 11.8 Å². The molecule has 0 atom stereocenters. The third-order valence-corrected chi connectivity index (χ3v) is 5.79. The Balaban J connectivity index is 1.46. The predicted octanol–water partition coefficient (Wildman–Crippen LogP) is 3.71. The third kappa shape index (κ3) is 6.36. The number of pyridine rings is 1. The van der Waals surface area contributed by atoms with Crippen molar-refractivity contribution in [3.05, 3.63) is 41.4 Å². The zero-order chi connectivity index (χ0) is 18.9. The summed E-state index contributed by atoms with van der Waals surface area (Å²) in [4.78, 5) is 16.9. The summed E-state index contributed by atoms with van der Waals surface area (Å²) < 4.78 is 5.08. The number of aromatic nitrogens is 2. The van der Waals surface area contributed by atoms with E-state index in [2.05, 4.69) is 20.8 Å². The number of rotatable bonds is 8. The first-order valence-electron chi connectivity index (χ1n) is 9.74. The summed E-state index contributed by atoms with van der Waals surface area (Å²) in [5.41, 5.74) is 1.46. The molecule has 0 saturated heterocycles. The SMILES string of the molecule is Cc1cc(CSc2ncccc2C(=O)NCCNC2CCCCCC2)no1. The van der Waals surface area contributed by atoms with Gasteiger partial charge in [-0.2, -0.15) is 0 Å². The monoisotopic (exact) mass is 388 g/mol. The molecule has 1 amide bonds. The molecular weight excluding hydrogens is 360 g/mol. The van der Waals surface area contributed by atoms with Crippen molar-refractivity contribution in [2.75, 3.05) is 13.1 Å². The van der Waals surface area contributed by atoms with Gasteiger partial charge >= 0.3 is 0 Å². The Morgan fingerprint density at radius 2 is 2.07 bits per heavy atom. The molecule has 1 fully saturated rings. The molecular formula is C20H28N4O2S. The molecule has 0 spiro atoms. The number of amides is 1. The van der Waals surface area contributed by atoms with Crippen molar-refractivity contribution in [3.63, 3.8) is 0 Å². The Labute approximate surface area is 164 Å². The maximum Gasteiger partial charge on any atom is 0.254 e. The lowest BCUT2D eigenvalue weighted by atomic mass is 10.1. The average Bonchev–Trinajstić information content (AvgIpc) is 2.93. The summed E-state index contributed by atoms with van der Waals surface area (Å²) in [6.07, 6.45) is 9.53. The van der Waals surface area contributed by atoms with Gasteiger partial charge in [-0.3, -0.25) is 4.79 Å². The average molecular weight is 389 g/mol. The number of carbonyl (C=O) groups excluding carboxylic acids is 1. The molecule has 1 aliphatic rings. The van der Waals surface area contributed by atoms with Crippen molar-refractivity contribution in [1.82, 2.24) is 20.8 Å². The Hall–Kier alpha value is -1.86. The third-order valence-electron chi connectivity index (χ3n) is 4.75. The number of carbonyl (C=O) groups is 1. The molecule has 1 aliphatic carbocycles. The molecule has 0 bridgehead atoms. The zero-order valence-corrected chi connectivity index (χ0v) is 16.7. The molecule has 7 heteroatoms. The van der Waals surface area contributed by atoms with Crippen LogP contribution in [0.3, 0.4) is 0 Å². The molecule has 146 valence electrons. The van der Waals surface area contributed by atoms with Gasteiger partial charge in [0.2, 0.25) is 0 Å². The summed E-state index contributed by atoms with van der Waals surface area (Å²) in [5, 5.41) is 11.3. The van der Waals surface area contributed by atoms with Gasteiger partial charge in [0.05, 0.1) is 11.3 Å². The van der Waals surface area contributed by atoms with Crippen LogP contribution < -0.4 is 10.6 Å². The van der Waals surface area contributed by atoms with E-state index in [-0.39, 0.29) is 5.91 Å². The first kappa shape index (κ1) is 19.9. The van der Waals surface area contributed by atoms with E-state index in [4.69, 9.17) is 4.52 Å². The highest BCUT2D eigenvalue weighted by molar-refractivity contribution is 7.98. The highest BCUT2D eigenvalue weighted by atomic mass is 32.2. The van der Waals surface area contributed by atoms with E-state index in [1.54, 1.807) is 12.3 Å².